The fourth-order valence-electron chi connectivity index (χ4n) is 2.18. The van der Waals surface area contributed by atoms with Crippen LogP contribution in [0.4, 0.5) is 4.39 Å². The molecule has 0 aliphatic carbocycles. The van der Waals surface area contributed by atoms with Crippen molar-refractivity contribution >= 4 is 0 Å². The summed E-state index contributed by atoms with van der Waals surface area (Å²) in [5.74, 6) is 0.712. The minimum Gasteiger partial charge on any atom is -0.453 e. The second-order valence-electron chi connectivity index (χ2n) is 5.01. The molecule has 0 spiro atoms. The van der Waals surface area contributed by atoms with E-state index in [1.807, 2.05) is 46.0 Å². The molecule has 0 heterocycles. The molecule has 1 N–H and O–H groups in total. The molecular formula is C17H20FNO. The third kappa shape index (κ3) is 2.83. The normalized spacial score (nSPS) is 10.7. The van der Waals surface area contributed by atoms with E-state index < -0.39 is 0 Å². The highest BCUT2D eigenvalue weighted by Gasteiger charge is 2.14. The first kappa shape index (κ1) is 14.5. The fourth-order valence-corrected chi connectivity index (χ4v) is 2.18. The molecule has 3 heteroatoms. The second-order valence-corrected chi connectivity index (χ2v) is 5.01. The Labute approximate surface area is 119 Å². The van der Waals surface area contributed by atoms with E-state index in [0.717, 1.165) is 28.0 Å². The molecule has 106 valence electrons. The van der Waals surface area contributed by atoms with E-state index in [9.17, 15) is 4.39 Å². The highest BCUT2D eigenvalue weighted by atomic mass is 19.1. The fraction of sp³-hybridized carbons (Fsp3) is 0.294. The van der Waals surface area contributed by atoms with E-state index in [2.05, 4.69) is 5.32 Å². The molecule has 0 aliphatic rings. The smallest absolute Gasteiger partial charge is 0.167 e. The second kappa shape index (κ2) is 6.06. The lowest BCUT2D eigenvalue weighted by Crippen LogP contribution is -2.07. The van der Waals surface area contributed by atoms with Crippen LogP contribution in [-0.4, -0.2) is 7.05 Å². The van der Waals surface area contributed by atoms with Crippen LogP contribution in [0, 0.1) is 26.6 Å². The molecule has 0 unspecified atom stereocenters. The third-order valence-electron chi connectivity index (χ3n) is 3.49. The molecule has 0 saturated carbocycles. The number of para-hydroxylation sites is 1. The Morgan fingerprint density at radius 1 is 1.00 bits per heavy atom. The van der Waals surface area contributed by atoms with Gasteiger partial charge in [-0.25, -0.2) is 4.39 Å². The van der Waals surface area contributed by atoms with Crippen molar-refractivity contribution in [3.8, 4) is 11.5 Å². The summed E-state index contributed by atoms with van der Waals surface area (Å²) in [4.78, 5) is 0. The van der Waals surface area contributed by atoms with Crippen molar-refractivity contribution in [2.75, 3.05) is 7.05 Å². The Balaban J connectivity index is 2.47. The molecule has 0 fully saturated rings. The molecule has 0 saturated heterocycles. The van der Waals surface area contributed by atoms with Crippen molar-refractivity contribution in [3.63, 3.8) is 0 Å². The molecule has 0 aliphatic heterocycles. The van der Waals surface area contributed by atoms with Crippen molar-refractivity contribution in [1.82, 2.24) is 5.32 Å². The Kier molecular flexibility index (Phi) is 4.40. The zero-order chi connectivity index (χ0) is 14.7. The average Bonchev–Trinajstić information content (AvgIpc) is 2.42. The molecule has 0 radical (unpaired) electrons. The van der Waals surface area contributed by atoms with Crippen molar-refractivity contribution in [1.29, 1.82) is 0 Å². The molecule has 20 heavy (non-hydrogen) atoms. The van der Waals surface area contributed by atoms with E-state index in [-0.39, 0.29) is 5.82 Å². The highest BCUT2D eigenvalue weighted by Crippen LogP contribution is 2.34. The summed E-state index contributed by atoms with van der Waals surface area (Å²) in [7, 11) is 1.83. The van der Waals surface area contributed by atoms with E-state index in [1.165, 1.54) is 6.07 Å². The summed E-state index contributed by atoms with van der Waals surface area (Å²) < 4.78 is 20.0. The van der Waals surface area contributed by atoms with E-state index in [1.54, 1.807) is 6.07 Å². The van der Waals surface area contributed by atoms with Gasteiger partial charge in [0.15, 0.2) is 11.6 Å². The van der Waals surface area contributed by atoms with Crippen LogP contribution >= 0.6 is 0 Å². The van der Waals surface area contributed by atoms with Gasteiger partial charge in [-0.05, 0) is 50.6 Å². The summed E-state index contributed by atoms with van der Waals surface area (Å²) in [5, 5.41) is 3.03. The van der Waals surface area contributed by atoms with Gasteiger partial charge in [0, 0.05) is 12.1 Å². The van der Waals surface area contributed by atoms with Crippen LogP contribution in [0.5, 0.6) is 11.5 Å². The first-order valence-electron chi connectivity index (χ1n) is 6.71. The van der Waals surface area contributed by atoms with Crippen LogP contribution in [0.25, 0.3) is 0 Å². The number of halogens is 1. The first-order chi connectivity index (χ1) is 9.54. The number of rotatable bonds is 4. The Hall–Kier alpha value is -1.87. The zero-order valence-electron chi connectivity index (χ0n) is 12.4. The van der Waals surface area contributed by atoms with Crippen LogP contribution in [0.1, 0.15) is 22.3 Å². The van der Waals surface area contributed by atoms with Crippen molar-refractivity contribution in [3.05, 3.63) is 58.4 Å². The lowest BCUT2D eigenvalue weighted by molar-refractivity contribution is 0.429. The van der Waals surface area contributed by atoms with Crippen LogP contribution in [-0.2, 0) is 6.54 Å². The maximum atomic E-state index is 14.1. The minimum absolute atomic E-state index is 0.304. The van der Waals surface area contributed by atoms with Crippen LogP contribution < -0.4 is 10.1 Å². The molecule has 0 amide bonds. The third-order valence-corrected chi connectivity index (χ3v) is 3.49. The average molecular weight is 273 g/mol. The molecule has 2 aromatic carbocycles. The summed E-state index contributed by atoms with van der Waals surface area (Å²) in [5.41, 5.74) is 4.00. The van der Waals surface area contributed by atoms with Crippen molar-refractivity contribution < 1.29 is 9.13 Å². The number of benzene rings is 2. The minimum atomic E-state index is -0.335. The maximum absolute atomic E-state index is 14.1. The topological polar surface area (TPSA) is 21.3 Å². The lowest BCUT2D eigenvalue weighted by Gasteiger charge is -2.16. The number of hydrogen-bond acceptors (Lipinski definition) is 2. The number of hydrogen-bond donors (Lipinski definition) is 1. The van der Waals surface area contributed by atoms with Crippen LogP contribution in [0.3, 0.4) is 0 Å². The molecule has 2 aromatic rings. The highest BCUT2D eigenvalue weighted by molar-refractivity contribution is 5.48. The van der Waals surface area contributed by atoms with E-state index >= 15 is 0 Å². The van der Waals surface area contributed by atoms with Crippen LogP contribution in [0.2, 0.25) is 0 Å². The van der Waals surface area contributed by atoms with E-state index in [4.69, 9.17) is 4.74 Å². The molecule has 0 bridgehead atoms. The van der Waals surface area contributed by atoms with Gasteiger partial charge in [-0.1, -0.05) is 24.3 Å². The largest absolute Gasteiger partial charge is 0.453 e. The molecule has 0 atom stereocenters. The van der Waals surface area contributed by atoms with Gasteiger partial charge in [-0.2, -0.15) is 0 Å². The standard InChI is InChI=1S/C17H20FNO/c1-11-8-9-12(2)16(13(11)3)20-17-14(10-19-4)6-5-7-15(17)18/h5-9,19H,10H2,1-4H3. The summed E-state index contributed by atoms with van der Waals surface area (Å²) in [6, 6.07) is 9.04. The van der Waals surface area contributed by atoms with Gasteiger partial charge in [0.2, 0.25) is 0 Å². The number of ether oxygens (including phenoxy) is 1. The maximum Gasteiger partial charge on any atom is 0.167 e. The molecule has 2 rings (SSSR count). The van der Waals surface area contributed by atoms with Gasteiger partial charge < -0.3 is 10.1 Å². The lowest BCUT2D eigenvalue weighted by atomic mass is 10.1. The zero-order valence-corrected chi connectivity index (χ0v) is 12.4. The summed E-state index contributed by atoms with van der Waals surface area (Å²) in [6.07, 6.45) is 0. The molecule has 0 aromatic heterocycles. The van der Waals surface area contributed by atoms with Gasteiger partial charge in [0.05, 0.1) is 0 Å². The van der Waals surface area contributed by atoms with Gasteiger partial charge in [0.25, 0.3) is 0 Å². The van der Waals surface area contributed by atoms with Crippen molar-refractivity contribution in [2.45, 2.75) is 27.3 Å². The van der Waals surface area contributed by atoms with Crippen molar-refractivity contribution in [2.24, 2.45) is 0 Å². The summed E-state index contributed by atoms with van der Waals surface area (Å²) in [6.45, 7) is 6.56. The monoisotopic (exact) mass is 273 g/mol. The van der Waals surface area contributed by atoms with Gasteiger partial charge in [0.1, 0.15) is 5.75 Å². The molecule has 2 nitrogen and oxygen atoms in total. The summed E-state index contributed by atoms with van der Waals surface area (Å²) >= 11 is 0. The van der Waals surface area contributed by atoms with Crippen LogP contribution in [0.15, 0.2) is 30.3 Å². The first-order valence-corrected chi connectivity index (χ1v) is 6.71. The van der Waals surface area contributed by atoms with Gasteiger partial charge in [-0.15, -0.1) is 0 Å². The van der Waals surface area contributed by atoms with Gasteiger partial charge in [-0.3, -0.25) is 0 Å². The Bertz CT molecular complexity index is 623. The molecular weight excluding hydrogens is 253 g/mol. The Morgan fingerprint density at radius 2 is 1.70 bits per heavy atom. The van der Waals surface area contributed by atoms with E-state index in [0.29, 0.717) is 12.3 Å². The van der Waals surface area contributed by atoms with Gasteiger partial charge >= 0.3 is 0 Å². The number of aryl methyl sites for hydroxylation is 2. The predicted molar refractivity (Wildman–Crippen MR) is 79.9 cm³/mol. The quantitative estimate of drug-likeness (QED) is 0.898. The predicted octanol–water partition coefficient (Wildman–Crippen LogP) is 4.26. The SMILES string of the molecule is CNCc1cccc(F)c1Oc1c(C)ccc(C)c1C. The Morgan fingerprint density at radius 3 is 2.40 bits per heavy atom. The number of nitrogens with one attached hydrogen (secondary N) is 1.